The van der Waals surface area contributed by atoms with Crippen LogP contribution >= 0.6 is 12.2 Å². The van der Waals surface area contributed by atoms with Crippen LogP contribution in [0.3, 0.4) is 0 Å². The van der Waals surface area contributed by atoms with Gasteiger partial charge in [-0.3, -0.25) is 18.7 Å². The Kier molecular flexibility index (Phi) is 5.43. The Morgan fingerprint density at radius 1 is 0.875 bits per heavy atom. The number of anilines is 1. The number of amides is 2. The van der Waals surface area contributed by atoms with Gasteiger partial charge in [0, 0.05) is 0 Å². The largest absolute Gasteiger partial charge is 0.493 e. The van der Waals surface area contributed by atoms with Gasteiger partial charge in [0.15, 0.2) is 16.1 Å². The highest BCUT2D eigenvalue weighted by Crippen LogP contribution is 2.33. The van der Waals surface area contributed by atoms with Crippen molar-refractivity contribution in [1.82, 2.24) is 9.13 Å². The van der Waals surface area contributed by atoms with Crippen molar-refractivity contribution < 1.29 is 19.4 Å². The number of aromatic hydroxyl groups is 1. The van der Waals surface area contributed by atoms with Crippen molar-refractivity contribution in [1.29, 1.82) is 0 Å². The van der Waals surface area contributed by atoms with E-state index in [0.717, 1.165) is 11.1 Å². The minimum atomic E-state index is -1.46. The molecule has 0 bridgehead atoms. The summed E-state index contributed by atoms with van der Waals surface area (Å²) in [5.41, 5.74) is -1.10. The quantitative estimate of drug-likeness (QED) is 0.598. The molecule has 1 N–H and O–H groups in total. The maximum Gasteiger partial charge on any atom is 0.422 e. The zero-order valence-corrected chi connectivity index (χ0v) is 18.3. The van der Waals surface area contributed by atoms with Crippen LogP contribution < -0.4 is 10.5 Å². The molecule has 0 saturated carbocycles. The van der Waals surface area contributed by atoms with Crippen LogP contribution in [0.25, 0.3) is 0 Å². The molecule has 0 radical (unpaired) electrons. The fraction of sp³-hybridized carbons (Fsp3) is 0.217. The second-order valence-corrected chi connectivity index (χ2v) is 8.29. The van der Waals surface area contributed by atoms with Gasteiger partial charge >= 0.3 is 6.09 Å². The van der Waals surface area contributed by atoms with Crippen LogP contribution in [-0.2, 0) is 22.6 Å². The zero-order chi connectivity index (χ0) is 23.0. The third-order valence-corrected chi connectivity index (χ3v) is 5.65. The number of carbonyl (C=O) groups is 2. The predicted octanol–water partition coefficient (Wildman–Crippen LogP) is 3.44. The highest BCUT2D eigenvalue weighted by molar-refractivity contribution is 7.71. The van der Waals surface area contributed by atoms with Gasteiger partial charge in [0.2, 0.25) is 5.88 Å². The molecule has 1 fully saturated rings. The van der Waals surface area contributed by atoms with Crippen LogP contribution in [-0.4, -0.2) is 31.8 Å². The number of hydrogen-bond donors (Lipinski definition) is 1. The van der Waals surface area contributed by atoms with Crippen LogP contribution in [0.2, 0.25) is 0 Å². The first-order valence-corrected chi connectivity index (χ1v) is 10.3. The fourth-order valence-electron chi connectivity index (χ4n) is 3.54. The maximum absolute atomic E-state index is 13.4. The molecule has 0 unspecified atom stereocenters. The van der Waals surface area contributed by atoms with Gasteiger partial charge in [-0.15, -0.1) is 0 Å². The Hall–Kier alpha value is -3.72. The number of carbonyl (C=O) groups excluding carboxylic acids is 2. The van der Waals surface area contributed by atoms with E-state index < -0.39 is 34.7 Å². The number of nitrogens with zero attached hydrogens (tertiary/aromatic N) is 3. The number of aromatic nitrogens is 2. The zero-order valence-electron chi connectivity index (χ0n) is 17.5. The molecule has 2 heterocycles. The van der Waals surface area contributed by atoms with Crippen molar-refractivity contribution in [3.05, 3.63) is 86.9 Å². The van der Waals surface area contributed by atoms with Gasteiger partial charge in [0.05, 0.1) is 13.1 Å². The molecule has 2 amide bonds. The number of imide groups is 1. The fourth-order valence-corrected chi connectivity index (χ4v) is 3.84. The van der Waals surface area contributed by atoms with Crippen LogP contribution in [0.1, 0.15) is 25.0 Å². The topological polar surface area (TPSA) is 93.8 Å². The molecule has 0 atom stereocenters. The summed E-state index contributed by atoms with van der Waals surface area (Å²) < 4.78 is 7.77. The van der Waals surface area contributed by atoms with E-state index in [1.807, 2.05) is 60.7 Å². The third kappa shape index (κ3) is 3.71. The summed E-state index contributed by atoms with van der Waals surface area (Å²) in [5, 5.41) is 11.0. The normalized spacial score (nSPS) is 15.1. The second kappa shape index (κ2) is 8.08. The van der Waals surface area contributed by atoms with Crippen LogP contribution in [0, 0.1) is 4.77 Å². The van der Waals surface area contributed by atoms with E-state index >= 15 is 0 Å². The lowest BCUT2D eigenvalue weighted by atomic mass is 10.1. The molecular formula is C23H21N3O5S. The summed E-state index contributed by atoms with van der Waals surface area (Å²) in [6.45, 7) is 3.08. The standard InChI is InChI=1S/C23H21N3O5S/c1-23(2)20(29)26(22(30)31-23)17-18(27)24(13-15-9-5-3-6-10-15)21(32)25(19(17)28)14-16-11-7-4-8-12-16/h3-12,27H,13-14H2,1-2H3. The predicted molar refractivity (Wildman–Crippen MR) is 120 cm³/mol. The van der Waals surface area contributed by atoms with Crippen LogP contribution in [0.15, 0.2) is 65.5 Å². The van der Waals surface area contributed by atoms with Gasteiger partial charge < -0.3 is 9.84 Å². The van der Waals surface area contributed by atoms with Crippen molar-refractivity contribution in [3.63, 3.8) is 0 Å². The van der Waals surface area contributed by atoms with E-state index in [2.05, 4.69) is 0 Å². The monoisotopic (exact) mass is 451 g/mol. The van der Waals surface area contributed by atoms with E-state index in [9.17, 15) is 19.5 Å². The summed E-state index contributed by atoms with van der Waals surface area (Å²) >= 11 is 5.55. The number of ether oxygens (including phenoxy) is 1. The lowest BCUT2D eigenvalue weighted by molar-refractivity contribution is -0.127. The number of hydrogen-bond acceptors (Lipinski definition) is 6. The molecule has 1 aliphatic rings. The van der Waals surface area contributed by atoms with Crippen molar-refractivity contribution in [2.45, 2.75) is 32.5 Å². The molecular weight excluding hydrogens is 430 g/mol. The first kappa shape index (κ1) is 21.5. The molecule has 0 spiro atoms. The smallest absolute Gasteiger partial charge is 0.422 e. The Labute approximate surface area is 188 Å². The molecule has 4 rings (SSSR count). The van der Waals surface area contributed by atoms with E-state index in [1.165, 1.54) is 23.0 Å². The van der Waals surface area contributed by atoms with Gasteiger partial charge in [-0.2, -0.15) is 0 Å². The summed E-state index contributed by atoms with van der Waals surface area (Å²) in [4.78, 5) is 39.4. The molecule has 1 aliphatic heterocycles. The summed E-state index contributed by atoms with van der Waals surface area (Å²) in [7, 11) is 0. The molecule has 1 aromatic heterocycles. The Morgan fingerprint density at radius 3 is 1.84 bits per heavy atom. The molecule has 8 nitrogen and oxygen atoms in total. The first-order valence-electron chi connectivity index (χ1n) is 9.92. The van der Waals surface area contributed by atoms with Crippen molar-refractivity contribution in [3.8, 4) is 5.88 Å². The average molecular weight is 452 g/mol. The molecule has 164 valence electrons. The van der Waals surface area contributed by atoms with E-state index in [-0.39, 0.29) is 17.9 Å². The molecule has 0 aliphatic carbocycles. The molecule has 1 saturated heterocycles. The number of rotatable bonds is 5. The van der Waals surface area contributed by atoms with E-state index in [1.54, 1.807) is 0 Å². The van der Waals surface area contributed by atoms with Crippen LogP contribution in [0.4, 0.5) is 10.5 Å². The maximum atomic E-state index is 13.4. The van der Waals surface area contributed by atoms with Gasteiger partial charge in [-0.05, 0) is 37.2 Å². The molecule has 9 heteroatoms. The number of cyclic esters (lactones) is 1. The van der Waals surface area contributed by atoms with Gasteiger partial charge in [-0.25, -0.2) is 9.69 Å². The molecule has 2 aromatic carbocycles. The summed E-state index contributed by atoms with van der Waals surface area (Å²) in [5.74, 6) is -1.32. The van der Waals surface area contributed by atoms with Crippen LogP contribution in [0.5, 0.6) is 5.88 Å². The lowest BCUT2D eigenvalue weighted by Gasteiger charge is -2.20. The highest BCUT2D eigenvalue weighted by atomic mass is 32.1. The Morgan fingerprint density at radius 2 is 1.38 bits per heavy atom. The summed E-state index contributed by atoms with van der Waals surface area (Å²) in [6.07, 6.45) is -1.03. The SMILES string of the molecule is CC1(C)OC(=O)N(c2c(O)n(Cc3ccccc3)c(=S)n(Cc3ccccc3)c2=O)C1=O. The molecule has 32 heavy (non-hydrogen) atoms. The Bertz CT molecular complexity index is 1310. The number of benzene rings is 2. The molecule has 3 aromatic rings. The lowest BCUT2D eigenvalue weighted by Crippen LogP contribution is -2.41. The van der Waals surface area contributed by atoms with Gasteiger partial charge in [0.1, 0.15) is 0 Å². The average Bonchev–Trinajstić information content (AvgIpc) is 2.97. The van der Waals surface area contributed by atoms with Crippen molar-refractivity contribution >= 4 is 29.9 Å². The third-order valence-electron chi connectivity index (χ3n) is 5.21. The van der Waals surface area contributed by atoms with Crippen molar-refractivity contribution in [2.75, 3.05) is 4.90 Å². The second-order valence-electron chi connectivity index (χ2n) is 7.92. The summed E-state index contributed by atoms with van der Waals surface area (Å²) in [6, 6.07) is 18.4. The minimum absolute atomic E-state index is 0.0585. The highest BCUT2D eigenvalue weighted by Gasteiger charge is 2.50. The first-order chi connectivity index (χ1) is 15.2. The van der Waals surface area contributed by atoms with Crippen molar-refractivity contribution in [2.24, 2.45) is 0 Å². The van der Waals surface area contributed by atoms with Gasteiger partial charge in [0.25, 0.3) is 11.5 Å². The van der Waals surface area contributed by atoms with E-state index in [0.29, 0.717) is 4.90 Å². The minimum Gasteiger partial charge on any atom is -0.493 e. The van der Waals surface area contributed by atoms with Gasteiger partial charge in [-0.1, -0.05) is 60.7 Å². The Balaban J connectivity index is 1.95. The van der Waals surface area contributed by atoms with E-state index in [4.69, 9.17) is 17.0 Å².